The van der Waals surface area contributed by atoms with Crippen molar-refractivity contribution in [3.8, 4) is 22.8 Å². The van der Waals surface area contributed by atoms with E-state index in [9.17, 15) is 0 Å². The average Bonchev–Trinajstić information content (AvgIpc) is 2.97. The van der Waals surface area contributed by atoms with Crippen molar-refractivity contribution in [3.63, 3.8) is 0 Å². The molecule has 3 aromatic heterocycles. The lowest BCUT2D eigenvalue weighted by Gasteiger charge is -1.89. The van der Waals surface area contributed by atoms with Gasteiger partial charge in [-0.2, -0.15) is 10.1 Å². The Hall–Kier alpha value is -2.57. The molecule has 0 radical (unpaired) electrons. The SMILES string of the molecule is Cc1occc1-c1noc(-c2cn[nH]c2N)n1. The Kier molecular flexibility index (Phi) is 1.97. The smallest absolute Gasteiger partial charge is 0.263 e. The monoisotopic (exact) mass is 231 g/mol. The first-order chi connectivity index (χ1) is 8.25. The zero-order valence-electron chi connectivity index (χ0n) is 8.97. The van der Waals surface area contributed by atoms with Crippen LogP contribution in [0.15, 0.2) is 27.5 Å². The number of anilines is 1. The van der Waals surface area contributed by atoms with E-state index >= 15 is 0 Å². The molecule has 0 aliphatic rings. The van der Waals surface area contributed by atoms with Crippen LogP contribution in [0.1, 0.15) is 5.76 Å². The van der Waals surface area contributed by atoms with Crippen LogP contribution in [0, 0.1) is 6.92 Å². The number of H-pyrrole nitrogens is 1. The highest BCUT2D eigenvalue weighted by atomic mass is 16.5. The molecule has 0 fully saturated rings. The Morgan fingerprint density at radius 3 is 2.88 bits per heavy atom. The third kappa shape index (κ3) is 1.48. The highest BCUT2D eigenvalue weighted by Gasteiger charge is 2.16. The highest BCUT2D eigenvalue weighted by Crippen LogP contribution is 2.26. The van der Waals surface area contributed by atoms with Gasteiger partial charge in [-0.3, -0.25) is 5.10 Å². The molecule has 17 heavy (non-hydrogen) atoms. The lowest BCUT2D eigenvalue weighted by molar-refractivity contribution is 0.432. The van der Waals surface area contributed by atoms with Gasteiger partial charge in [-0.1, -0.05) is 5.16 Å². The van der Waals surface area contributed by atoms with Crippen molar-refractivity contribution in [3.05, 3.63) is 24.3 Å². The van der Waals surface area contributed by atoms with E-state index in [2.05, 4.69) is 20.3 Å². The molecule has 0 bridgehead atoms. The Morgan fingerprint density at radius 1 is 1.35 bits per heavy atom. The Bertz CT molecular complexity index is 596. The molecule has 0 saturated heterocycles. The molecule has 0 atom stereocenters. The molecule has 86 valence electrons. The fourth-order valence-corrected chi connectivity index (χ4v) is 1.53. The lowest BCUT2D eigenvalue weighted by Crippen LogP contribution is -1.87. The van der Waals surface area contributed by atoms with Crippen LogP contribution >= 0.6 is 0 Å². The average molecular weight is 231 g/mol. The number of nitrogens with zero attached hydrogens (tertiary/aromatic N) is 3. The van der Waals surface area contributed by atoms with Gasteiger partial charge in [0, 0.05) is 0 Å². The molecular formula is C10H9N5O2. The zero-order chi connectivity index (χ0) is 11.8. The number of furan rings is 1. The first-order valence-corrected chi connectivity index (χ1v) is 4.93. The minimum absolute atomic E-state index is 0.326. The minimum atomic E-state index is 0.326. The molecule has 7 nitrogen and oxygen atoms in total. The van der Waals surface area contributed by atoms with Gasteiger partial charge in [-0.05, 0) is 13.0 Å². The first-order valence-electron chi connectivity index (χ1n) is 4.93. The molecule has 0 aliphatic carbocycles. The number of hydrogen-bond donors (Lipinski definition) is 2. The third-order valence-electron chi connectivity index (χ3n) is 2.42. The van der Waals surface area contributed by atoms with Gasteiger partial charge in [0.2, 0.25) is 5.82 Å². The Labute approximate surface area is 95.6 Å². The van der Waals surface area contributed by atoms with Crippen LogP contribution in [-0.4, -0.2) is 20.3 Å². The summed E-state index contributed by atoms with van der Waals surface area (Å²) in [4.78, 5) is 4.24. The summed E-state index contributed by atoms with van der Waals surface area (Å²) < 4.78 is 10.3. The molecule has 0 aromatic carbocycles. The van der Waals surface area contributed by atoms with E-state index in [4.69, 9.17) is 14.7 Å². The summed E-state index contributed by atoms with van der Waals surface area (Å²) in [5.74, 6) is 1.92. The van der Waals surface area contributed by atoms with Gasteiger partial charge in [0.25, 0.3) is 5.89 Å². The number of rotatable bonds is 2. The van der Waals surface area contributed by atoms with Crippen LogP contribution < -0.4 is 5.73 Å². The summed E-state index contributed by atoms with van der Waals surface area (Å²) in [6, 6.07) is 1.78. The number of aromatic nitrogens is 4. The van der Waals surface area contributed by atoms with Gasteiger partial charge in [0.1, 0.15) is 17.1 Å². The number of nitrogen functional groups attached to an aromatic ring is 1. The van der Waals surface area contributed by atoms with Crippen LogP contribution in [0.25, 0.3) is 22.8 Å². The maximum Gasteiger partial charge on any atom is 0.263 e. The Morgan fingerprint density at radius 2 is 2.24 bits per heavy atom. The predicted molar refractivity (Wildman–Crippen MR) is 58.7 cm³/mol. The van der Waals surface area contributed by atoms with Crippen LogP contribution in [0.4, 0.5) is 5.82 Å². The van der Waals surface area contributed by atoms with E-state index in [0.717, 1.165) is 11.3 Å². The third-order valence-corrected chi connectivity index (χ3v) is 2.42. The molecule has 0 saturated carbocycles. The summed E-state index contributed by atoms with van der Waals surface area (Å²) in [5.41, 5.74) is 7.05. The second-order valence-corrected chi connectivity index (χ2v) is 3.51. The summed E-state index contributed by atoms with van der Waals surface area (Å²) in [7, 11) is 0. The lowest BCUT2D eigenvalue weighted by atomic mass is 10.2. The van der Waals surface area contributed by atoms with Crippen LogP contribution in [0.3, 0.4) is 0 Å². The first kappa shape index (κ1) is 9.64. The fourth-order valence-electron chi connectivity index (χ4n) is 1.53. The van der Waals surface area contributed by atoms with Crippen molar-refractivity contribution in [1.29, 1.82) is 0 Å². The molecule has 0 unspecified atom stereocenters. The van der Waals surface area contributed by atoms with Gasteiger partial charge >= 0.3 is 0 Å². The fraction of sp³-hybridized carbons (Fsp3) is 0.100. The number of aryl methyl sites for hydroxylation is 1. The van der Waals surface area contributed by atoms with E-state index in [1.54, 1.807) is 12.3 Å². The standard InChI is InChI=1S/C10H9N5O2/c1-5-6(2-3-16-5)9-13-10(17-15-9)7-4-12-14-8(7)11/h2-4H,1H3,(H3,11,12,14). The molecular weight excluding hydrogens is 222 g/mol. The maximum absolute atomic E-state index is 5.67. The van der Waals surface area contributed by atoms with Gasteiger partial charge in [-0.25, -0.2) is 0 Å². The molecule has 7 heteroatoms. The van der Waals surface area contributed by atoms with Gasteiger partial charge in [0.05, 0.1) is 18.0 Å². The summed E-state index contributed by atoms with van der Waals surface area (Å²) >= 11 is 0. The quantitative estimate of drug-likeness (QED) is 0.693. The van der Waals surface area contributed by atoms with Gasteiger partial charge in [0.15, 0.2) is 0 Å². The molecule has 3 aromatic rings. The summed E-state index contributed by atoms with van der Waals surface area (Å²) in [6.45, 7) is 1.83. The zero-order valence-corrected chi connectivity index (χ0v) is 8.97. The minimum Gasteiger partial charge on any atom is -0.469 e. The summed E-state index contributed by atoms with van der Waals surface area (Å²) in [5, 5.41) is 10.3. The van der Waals surface area contributed by atoms with Crippen LogP contribution in [0.5, 0.6) is 0 Å². The molecule has 3 rings (SSSR count). The van der Waals surface area contributed by atoms with Crippen molar-refractivity contribution < 1.29 is 8.94 Å². The van der Waals surface area contributed by atoms with E-state index in [1.165, 1.54) is 6.20 Å². The van der Waals surface area contributed by atoms with Gasteiger partial charge in [-0.15, -0.1) is 0 Å². The van der Waals surface area contributed by atoms with Crippen LogP contribution in [0.2, 0.25) is 0 Å². The van der Waals surface area contributed by atoms with E-state index < -0.39 is 0 Å². The molecule has 0 spiro atoms. The molecule has 3 heterocycles. The van der Waals surface area contributed by atoms with E-state index in [-0.39, 0.29) is 0 Å². The van der Waals surface area contributed by atoms with Crippen molar-refractivity contribution in [2.24, 2.45) is 0 Å². The number of hydrogen-bond acceptors (Lipinski definition) is 6. The molecule has 0 aliphatic heterocycles. The van der Waals surface area contributed by atoms with Crippen molar-refractivity contribution in [1.82, 2.24) is 20.3 Å². The molecule has 0 amide bonds. The van der Waals surface area contributed by atoms with Crippen molar-refractivity contribution in [2.75, 3.05) is 5.73 Å². The maximum atomic E-state index is 5.67. The predicted octanol–water partition coefficient (Wildman–Crippen LogP) is 1.61. The van der Waals surface area contributed by atoms with Gasteiger partial charge < -0.3 is 14.7 Å². The number of nitrogens with one attached hydrogen (secondary N) is 1. The second-order valence-electron chi connectivity index (χ2n) is 3.51. The second kappa shape index (κ2) is 3.48. The van der Waals surface area contributed by atoms with Crippen LogP contribution in [-0.2, 0) is 0 Å². The largest absolute Gasteiger partial charge is 0.469 e. The molecule has 3 N–H and O–H groups in total. The van der Waals surface area contributed by atoms with Crippen molar-refractivity contribution in [2.45, 2.75) is 6.92 Å². The summed E-state index contributed by atoms with van der Waals surface area (Å²) in [6.07, 6.45) is 3.11. The number of aromatic amines is 1. The van der Waals surface area contributed by atoms with Crippen molar-refractivity contribution >= 4 is 5.82 Å². The Balaban J connectivity index is 2.05. The highest BCUT2D eigenvalue weighted by molar-refractivity contribution is 5.67. The number of nitrogens with two attached hydrogens (primary N) is 1. The topological polar surface area (TPSA) is 107 Å². The van der Waals surface area contributed by atoms with E-state index in [1.807, 2.05) is 6.92 Å². The normalized spacial score (nSPS) is 10.9. The van der Waals surface area contributed by atoms with E-state index in [0.29, 0.717) is 23.1 Å².